The number of piperidine rings is 1. The maximum atomic E-state index is 11.8. The first-order valence-electron chi connectivity index (χ1n) is 7.21. The average molecular weight is 256 g/mol. The van der Waals surface area contributed by atoms with Gasteiger partial charge < -0.3 is 10.5 Å². The molecule has 1 rings (SSSR count). The standard InChI is InChI=1S/C14H28N2O2/c1-4-8-12-9-6-7-10-16(12)11-14(3,15)13(17)18-5-2/h12H,4-11,15H2,1-3H3. The van der Waals surface area contributed by atoms with E-state index in [2.05, 4.69) is 11.8 Å². The molecule has 0 radical (unpaired) electrons. The van der Waals surface area contributed by atoms with E-state index < -0.39 is 5.54 Å². The number of nitrogens with two attached hydrogens (primary N) is 1. The lowest BCUT2D eigenvalue weighted by molar-refractivity contribution is -0.150. The van der Waals surface area contributed by atoms with Crippen LogP contribution in [0.2, 0.25) is 0 Å². The van der Waals surface area contributed by atoms with Gasteiger partial charge in [0.1, 0.15) is 5.54 Å². The van der Waals surface area contributed by atoms with Crippen molar-refractivity contribution in [3.8, 4) is 0 Å². The van der Waals surface area contributed by atoms with Crippen molar-refractivity contribution < 1.29 is 9.53 Å². The lowest BCUT2D eigenvalue weighted by Gasteiger charge is -2.39. The van der Waals surface area contributed by atoms with Crippen molar-refractivity contribution in [2.24, 2.45) is 5.73 Å². The zero-order valence-electron chi connectivity index (χ0n) is 12.1. The van der Waals surface area contributed by atoms with Gasteiger partial charge in [0.2, 0.25) is 0 Å². The number of likely N-dealkylation sites (tertiary alicyclic amines) is 1. The monoisotopic (exact) mass is 256 g/mol. The van der Waals surface area contributed by atoms with Crippen LogP contribution >= 0.6 is 0 Å². The van der Waals surface area contributed by atoms with E-state index in [9.17, 15) is 4.79 Å². The van der Waals surface area contributed by atoms with Crippen molar-refractivity contribution in [3.05, 3.63) is 0 Å². The zero-order valence-corrected chi connectivity index (χ0v) is 12.1. The van der Waals surface area contributed by atoms with Gasteiger partial charge in [0.05, 0.1) is 6.61 Å². The Morgan fingerprint density at radius 1 is 1.44 bits per heavy atom. The Kier molecular flexibility index (Phi) is 6.09. The molecule has 1 heterocycles. The summed E-state index contributed by atoms with van der Waals surface area (Å²) in [5.41, 5.74) is 5.23. The Morgan fingerprint density at radius 2 is 2.17 bits per heavy atom. The summed E-state index contributed by atoms with van der Waals surface area (Å²) in [6.07, 6.45) is 6.11. The Hall–Kier alpha value is -0.610. The summed E-state index contributed by atoms with van der Waals surface area (Å²) >= 11 is 0. The molecule has 18 heavy (non-hydrogen) atoms. The van der Waals surface area contributed by atoms with Gasteiger partial charge in [-0.15, -0.1) is 0 Å². The highest BCUT2D eigenvalue weighted by Crippen LogP contribution is 2.22. The molecule has 1 aliphatic heterocycles. The van der Waals surface area contributed by atoms with E-state index in [1.54, 1.807) is 6.92 Å². The molecule has 0 aromatic rings. The molecule has 0 amide bonds. The molecule has 4 nitrogen and oxygen atoms in total. The molecule has 0 spiro atoms. The molecule has 2 atom stereocenters. The minimum Gasteiger partial charge on any atom is -0.465 e. The van der Waals surface area contributed by atoms with Crippen LogP contribution in [0.1, 0.15) is 52.9 Å². The predicted octanol–water partition coefficient (Wildman–Crippen LogP) is 1.92. The molecule has 1 fully saturated rings. The van der Waals surface area contributed by atoms with E-state index in [0.717, 1.165) is 6.54 Å². The second kappa shape index (κ2) is 7.10. The quantitative estimate of drug-likeness (QED) is 0.738. The topological polar surface area (TPSA) is 55.6 Å². The molecule has 0 bridgehead atoms. The van der Waals surface area contributed by atoms with Crippen LogP contribution in [0.4, 0.5) is 0 Å². The molecule has 2 N–H and O–H groups in total. The summed E-state index contributed by atoms with van der Waals surface area (Å²) in [5, 5.41) is 0. The van der Waals surface area contributed by atoms with Crippen LogP contribution in [0.5, 0.6) is 0 Å². The zero-order chi connectivity index (χ0) is 13.6. The number of nitrogens with zero attached hydrogens (tertiary/aromatic N) is 1. The molecule has 1 aliphatic rings. The highest BCUT2D eigenvalue weighted by molar-refractivity contribution is 5.80. The lowest BCUT2D eigenvalue weighted by atomic mass is 9.94. The van der Waals surface area contributed by atoms with Crippen LogP contribution in [-0.4, -0.2) is 42.1 Å². The number of carbonyl (C=O) groups is 1. The smallest absolute Gasteiger partial charge is 0.327 e. The summed E-state index contributed by atoms with van der Waals surface area (Å²) in [4.78, 5) is 14.2. The maximum absolute atomic E-state index is 11.8. The van der Waals surface area contributed by atoms with Gasteiger partial charge >= 0.3 is 5.97 Å². The minimum absolute atomic E-state index is 0.286. The SMILES string of the molecule is CCCC1CCCCN1CC(C)(N)C(=O)OCC. The molecular formula is C14H28N2O2. The number of ether oxygens (including phenoxy) is 1. The second-order valence-corrected chi connectivity index (χ2v) is 5.55. The van der Waals surface area contributed by atoms with Crippen molar-refractivity contribution in [1.82, 2.24) is 4.90 Å². The van der Waals surface area contributed by atoms with Crippen molar-refractivity contribution in [2.45, 2.75) is 64.5 Å². The van der Waals surface area contributed by atoms with E-state index >= 15 is 0 Å². The van der Waals surface area contributed by atoms with Crippen LogP contribution in [0, 0.1) is 0 Å². The van der Waals surface area contributed by atoms with E-state index in [1.165, 1.54) is 32.1 Å². The molecule has 0 aromatic heterocycles. The lowest BCUT2D eigenvalue weighted by Crippen LogP contribution is -2.57. The first kappa shape index (κ1) is 15.4. The van der Waals surface area contributed by atoms with Gasteiger partial charge in [-0.2, -0.15) is 0 Å². The van der Waals surface area contributed by atoms with Gasteiger partial charge in [-0.1, -0.05) is 19.8 Å². The summed E-state index contributed by atoms with van der Waals surface area (Å²) in [5.74, 6) is -0.286. The first-order valence-corrected chi connectivity index (χ1v) is 7.21. The fraction of sp³-hybridized carbons (Fsp3) is 0.929. The highest BCUT2D eigenvalue weighted by atomic mass is 16.5. The Bertz CT molecular complexity index is 265. The van der Waals surface area contributed by atoms with Crippen LogP contribution < -0.4 is 5.73 Å². The van der Waals surface area contributed by atoms with Crippen molar-refractivity contribution in [3.63, 3.8) is 0 Å². The van der Waals surface area contributed by atoms with E-state index in [4.69, 9.17) is 10.5 Å². The normalized spacial score (nSPS) is 24.6. The minimum atomic E-state index is -0.890. The van der Waals surface area contributed by atoms with Gasteiger partial charge in [-0.25, -0.2) is 0 Å². The Morgan fingerprint density at radius 3 is 2.78 bits per heavy atom. The molecule has 0 aromatic carbocycles. The van der Waals surface area contributed by atoms with E-state index in [-0.39, 0.29) is 5.97 Å². The average Bonchev–Trinajstić information content (AvgIpc) is 2.32. The Balaban J connectivity index is 2.59. The maximum Gasteiger partial charge on any atom is 0.327 e. The van der Waals surface area contributed by atoms with Crippen LogP contribution in [0.25, 0.3) is 0 Å². The summed E-state index contributed by atoms with van der Waals surface area (Å²) in [7, 11) is 0. The summed E-state index contributed by atoms with van der Waals surface area (Å²) < 4.78 is 5.05. The number of hydrogen-bond donors (Lipinski definition) is 1. The molecule has 0 aliphatic carbocycles. The largest absolute Gasteiger partial charge is 0.465 e. The fourth-order valence-corrected chi connectivity index (χ4v) is 2.71. The molecule has 1 saturated heterocycles. The van der Waals surface area contributed by atoms with Crippen molar-refractivity contribution in [2.75, 3.05) is 19.7 Å². The number of hydrogen-bond acceptors (Lipinski definition) is 4. The number of esters is 1. The van der Waals surface area contributed by atoms with E-state index in [0.29, 0.717) is 19.2 Å². The molecule has 106 valence electrons. The number of carbonyl (C=O) groups excluding carboxylic acids is 1. The second-order valence-electron chi connectivity index (χ2n) is 5.55. The third-order valence-corrected chi connectivity index (χ3v) is 3.64. The van der Waals surface area contributed by atoms with Crippen LogP contribution in [-0.2, 0) is 9.53 Å². The molecular weight excluding hydrogens is 228 g/mol. The van der Waals surface area contributed by atoms with Crippen molar-refractivity contribution in [1.29, 1.82) is 0 Å². The van der Waals surface area contributed by atoms with Crippen LogP contribution in [0.3, 0.4) is 0 Å². The number of rotatable bonds is 6. The first-order chi connectivity index (χ1) is 8.51. The third kappa shape index (κ3) is 4.25. The third-order valence-electron chi connectivity index (χ3n) is 3.64. The molecule has 4 heteroatoms. The van der Waals surface area contributed by atoms with Gasteiger partial charge in [0, 0.05) is 12.6 Å². The van der Waals surface area contributed by atoms with Gasteiger partial charge in [-0.3, -0.25) is 9.69 Å². The summed E-state index contributed by atoms with van der Waals surface area (Å²) in [6, 6.07) is 0.584. The molecule has 0 saturated carbocycles. The van der Waals surface area contributed by atoms with Gasteiger partial charge in [0.25, 0.3) is 0 Å². The fourth-order valence-electron chi connectivity index (χ4n) is 2.71. The van der Waals surface area contributed by atoms with Gasteiger partial charge in [0.15, 0.2) is 0 Å². The van der Waals surface area contributed by atoms with Crippen LogP contribution in [0.15, 0.2) is 0 Å². The predicted molar refractivity (Wildman–Crippen MR) is 73.3 cm³/mol. The Labute approximate surface area is 111 Å². The van der Waals surface area contributed by atoms with Crippen molar-refractivity contribution >= 4 is 5.97 Å². The highest BCUT2D eigenvalue weighted by Gasteiger charge is 2.35. The molecule has 2 unspecified atom stereocenters. The summed E-state index contributed by atoms with van der Waals surface area (Å²) in [6.45, 7) is 7.86. The van der Waals surface area contributed by atoms with Gasteiger partial charge in [-0.05, 0) is 39.7 Å². The van der Waals surface area contributed by atoms with E-state index in [1.807, 2.05) is 6.92 Å².